The third kappa shape index (κ3) is 3.45. The number of anilines is 2. The van der Waals surface area contributed by atoms with Crippen LogP contribution in [-0.2, 0) is 0 Å². The Labute approximate surface area is 147 Å². The summed E-state index contributed by atoms with van der Waals surface area (Å²) in [5.74, 6) is 5.47. The fourth-order valence-electron chi connectivity index (χ4n) is 3.46. The molecule has 0 atom stereocenters. The third-order valence-corrected chi connectivity index (χ3v) is 5.49. The van der Waals surface area contributed by atoms with Crippen molar-refractivity contribution in [1.29, 1.82) is 0 Å². The molecule has 25 heavy (non-hydrogen) atoms. The lowest BCUT2D eigenvalue weighted by Gasteiger charge is -2.31. The molecule has 2 aliphatic carbocycles. The van der Waals surface area contributed by atoms with Crippen LogP contribution in [0.2, 0.25) is 0 Å². The van der Waals surface area contributed by atoms with Crippen molar-refractivity contribution in [2.45, 2.75) is 50.4 Å². The second kappa shape index (κ2) is 6.28. The van der Waals surface area contributed by atoms with Crippen LogP contribution in [0, 0.1) is 5.92 Å². The van der Waals surface area contributed by atoms with E-state index in [0.717, 1.165) is 61.7 Å². The number of nitrogens with one attached hydrogen (secondary N) is 1. The fourth-order valence-corrected chi connectivity index (χ4v) is 3.46. The number of hydrogen-bond acceptors (Lipinski definition) is 7. The zero-order chi connectivity index (χ0) is 16.6. The number of hydrogen-bond donors (Lipinski definition) is 1. The van der Waals surface area contributed by atoms with Gasteiger partial charge in [-0.3, -0.25) is 0 Å². The van der Waals surface area contributed by atoms with Crippen LogP contribution < -0.4 is 10.2 Å². The van der Waals surface area contributed by atoms with Crippen molar-refractivity contribution in [3.63, 3.8) is 0 Å². The summed E-state index contributed by atoms with van der Waals surface area (Å²) in [6.45, 7) is 2.97. The summed E-state index contributed by atoms with van der Waals surface area (Å²) in [5, 5.41) is 7.65. The zero-order valence-electron chi connectivity index (χ0n) is 14.4. The topological polar surface area (TPSA) is 80.0 Å². The van der Waals surface area contributed by atoms with Gasteiger partial charge in [0.2, 0.25) is 5.89 Å². The molecule has 1 aliphatic heterocycles. The van der Waals surface area contributed by atoms with Crippen LogP contribution in [-0.4, -0.2) is 39.7 Å². The van der Waals surface area contributed by atoms with Crippen LogP contribution in [0.3, 0.4) is 0 Å². The first-order valence-electron chi connectivity index (χ1n) is 9.49. The van der Waals surface area contributed by atoms with Crippen LogP contribution in [0.4, 0.5) is 11.6 Å². The first-order valence-corrected chi connectivity index (χ1v) is 9.49. The van der Waals surface area contributed by atoms with Gasteiger partial charge < -0.3 is 14.7 Å². The second-order valence-electron chi connectivity index (χ2n) is 7.61. The smallest absolute Gasteiger partial charge is 0.229 e. The molecular formula is C18H24N6O. The van der Waals surface area contributed by atoms with Crippen LogP contribution in [0.1, 0.15) is 62.1 Å². The van der Waals surface area contributed by atoms with E-state index >= 15 is 0 Å². The predicted octanol–water partition coefficient (Wildman–Crippen LogP) is 2.94. The lowest BCUT2D eigenvalue weighted by atomic mass is 9.96. The zero-order valence-corrected chi connectivity index (χ0v) is 14.4. The van der Waals surface area contributed by atoms with Crippen molar-refractivity contribution in [2.75, 3.05) is 29.9 Å². The lowest BCUT2D eigenvalue weighted by Crippen LogP contribution is -2.33. The van der Waals surface area contributed by atoms with E-state index in [-0.39, 0.29) is 0 Å². The molecule has 0 amide bonds. The highest BCUT2D eigenvalue weighted by atomic mass is 16.5. The average Bonchev–Trinajstić information content (AvgIpc) is 3.60. The monoisotopic (exact) mass is 340 g/mol. The summed E-state index contributed by atoms with van der Waals surface area (Å²) in [6, 6.07) is 2.07. The first kappa shape index (κ1) is 15.1. The van der Waals surface area contributed by atoms with E-state index in [9.17, 15) is 0 Å². The van der Waals surface area contributed by atoms with Crippen molar-refractivity contribution >= 4 is 11.6 Å². The summed E-state index contributed by atoms with van der Waals surface area (Å²) in [4.78, 5) is 15.8. The standard InChI is InChI=1S/C18H24N6O/c1-2-12(1)10-19-15-9-16(21-11-20-15)24-7-5-13(6-8-24)17-22-18(25-23-17)14-3-4-14/h9,11-14H,1-8,10H2,(H,19,20,21). The highest BCUT2D eigenvalue weighted by Gasteiger charge is 2.32. The van der Waals surface area contributed by atoms with Crippen molar-refractivity contribution in [3.8, 4) is 0 Å². The summed E-state index contributed by atoms with van der Waals surface area (Å²) >= 11 is 0. The van der Waals surface area contributed by atoms with Gasteiger partial charge in [-0.25, -0.2) is 9.97 Å². The van der Waals surface area contributed by atoms with E-state index in [4.69, 9.17) is 4.52 Å². The Hall–Kier alpha value is -2.18. The normalized spacial score (nSPS) is 21.5. The molecule has 5 rings (SSSR count). The third-order valence-electron chi connectivity index (χ3n) is 5.49. The van der Waals surface area contributed by atoms with Crippen LogP contribution >= 0.6 is 0 Å². The summed E-state index contributed by atoms with van der Waals surface area (Å²) in [7, 11) is 0. The predicted molar refractivity (Wildman–Crippen MR) is 93.7 cm³/mol. The number of piperidine rings is 1. The van der Waals surface area contributed by atoms with Crippen LogP contribution in [0.15, 0.2) is 16.9 Å². The Morgan fingerprint density at radius 3 is 2.64 bits per heavy atom. The van der Waals surface area contributed by atoms with Gasteiger partial charge in [0.15, 0.2) is 5.82 Å². The first-order chi connectivity index (χ1) is 12.3. The van der Waals surface area contributed by atoms with Crippen molar-refractivity contribution in [3.05, 3.63) is 24.1 Å². The Bertz CT molecular complexity index is 731. The highest BCUT2D eigenvalue weighted by molar-refractivity contribution is 5.48. The summed E-state index contributed by atoms with van der Waals surface area (Å²) in [5.41, 5.74) is 0. The molecule has 132 valence electrons. The molecule has 7 heteroatoms. The van der Waals surface area contributed by atoms with E-state index in [1.807, 2.05) is 0 Å². The maximum atomic E-state index is 5.42. The molecular weight excluding hydrogens is 316 g/mol. The number of aromatic nitrogens is 4. The van der Waals surface area contributed by atoms with E-state index in [2.05, 4.69) is 36.4 Å². The molecule has 3 aliphatic rings. The van der Waals surface area contributed by atoms with Crippen molar-refractivity contribution in [2.24, 2.45) is 5.92 Å². The summed E-state index contributed by atoms with van der Waals surface area (Å²) < 4.78 is 5.42. The molecule has 3 fully saturated rings. The van der Waals surface area contributed by atoms with E-state index in [1.165, 1.54) is 25.7 Å². The Balaban J connectivity index is 1.19. The van der Waals surface area contributed by atoms with Crippen LogP contribution in [0.5, 0.6) is 0 Å². The molecule has 2 aromatic heterocycles. The Morgan fingerprint density at radius 1 is 1.04 bits per heavy atom. The van der Waals surface area contributed by atoms with Gasteiger partial charge in [0.25, 0.3) is 0 Å². The van der Waals surface area contributed by atoms with Gasteiger partial charge in [-0.15, -0.1) is 0 Å². The fraction of sp³-hybridized carbons (Fsp3) is 0.667. The molecule has 0 bridgehead atoms. The molecule has 0 unspecified atom stereocenters. The van der Waals surface area contributed by atoms with Gasteiger partial charge in [-0.1, -0.05) is 5.16 Å². The van der Waals surface area contributed by atoms with Gasteiger partial charge in [0.1, 0.15) is 18.0 Å². The Morgan fingerprint density at radius 2 is 1.88 bits per heavy atom. The minimum absolute atomic E-state index is 0.404. The summed E-state index contributed by atoms with van der Waals surface area (Å²) in [6.07, 6.45) is 8.83. The molecule has 0 spiro atoms. The van der Waals surface area contributed by atoms with Crippen molar-refractivity contribution in [1.82, 2.24) is 20.1 Å². The van der Waals surface area contributed by atoms with Gasteiger partial charge in [-0.2, -0.15) is 4.98 Å². The number of nitrogens with zero attached hydrogens (tertiary/aromatic N) is 5. The minimum atomic E-state index is 0.404. The second-order valence-corrected chi connectivity index (χ2v) is 7.61. The lowest BCUT2D eigenvalue weighted by molar-refractivity contribution is 0.364. The average molecular weight is 340 g/mol. The van der Waals surface area contributed by atoms with Gasteiger partial charge in [0, 0.05) is 37.5 Å². The molecule has 1 N–H and O–H groups in total. The quantitative estimate of drug-likeness (QED) is 0.866. The largest absolute Gasteiger partial charge is 0.370 e. The molecule has 3 heterocycles. The van der Waals surface area contributed by atoms with Gasteiger partial charge in [-0.05, 0) is 44.4 Å². The minimum Gasteiger partial charge on any atom is -0.370 e. The maximum absolute atomic E-state index is 5.42. The molecule has 0 aromatic carbocycles. The van der Waals surface area contributed by atoms with E-state index in [0.29, 0.717) is 11.8 Å². The van der Waals surface area contributed by atoms with E-state index in [1.54, 1.807) is 6.33 Å². The van der Waals surface area contributed by atoms with Gasteiger partial charge in [0.05, 0.1) is 0 Å². The Kier molecular flexibility index (Phi) is 3.79. The SMILES string of the molecule is c1nc(NCC2CC2)cc(N2CCC(c3noc(C4CC4)n3)CC2)n1. The van der Waals surface area contributed by atoms with E-state index < -0.39 is 0 Å². The molecule has 7 nitrogen and oxygen atoms in total. The molecule has 1 saturated heterocycles. The van der Waals surface area contributed by atoms with Crippen molar-refractivity contribution < 1.29 is 4.52 Å². The highest BCUT2D eigenvalue weighted by Crippen LogP contribution is 2.40. The van der Waals surface area contributed by atoms with Gasteiger partial charge >= 0.3 is 0 Å². The molecule has 2 saturated carbocycles. The number of rotatable bonds is 6. The molecule has 0 radical (unpaired) electrons. The maximum Gasteiger partial charge on any atom is 0.229 e. The van der Waals surface area contributed by atoms with Crippen LogP contribution in [0.25, 0.3) is 0 Å². The molecule has 2 aromatic rings.